The second-order valence-corrected chi connectivity index (χ2v) is 6.95. The first-order valence-electron chi connectivity index (χ1n) is 10.1. The molecule has 154 valence electrons. The third-order valence-corrected chi connectivity index (χ3v) is 4.89. The van der Waals surface area contributed by atoms with Crippen LogP contribution >= 0.6 is 24.0 Å². The molecule has 1 fully saturated rings. The summed E-state index contributed by atoms with van der Waals surface area (Å²) in [7, 11) is 1.82. The summed E-state index contributed by atoms with van der Waals surface area (Å²) in [5, 5.41) is 6.81. The third-order valence-electron chi connectivity index (χ3n) is 4.89. The lowest BCUT2D eigenvalue weighted by molar-refractivity contribution is 0.123. The number of benzene rings is 1. The molecule has 1 aromatic carbocycles. The molecule has 1 saturated carbocycles. The van der Waals surface area contributed by atoms with Gasteiger partial charge in [-0.15, -0.1) is 24.0 Å². The second-order valence-electron chi connectivity index (χ2n) is 6.95. The number of nitrogens with zero attached hydrogens (tertiary/aromatic N) is 2. The smallest absolute Gasteiger partial charge is 0.191 e. The molecule has 0 saturated heterocycles. The maximum absolute atomic E-state index is 5.67. The number of halogens is 1. The van der Waals surface area contributed by atoms with E-state index in [-0.39, 0.29) is 24.0 Å². The van der Waals surface area contributed by atoms with Gasteiger partial charge >= 0.3 is 0 Å². The Morgan fingerprint density at radius 2 is 1.85 bits per heavy atom. The Bertz CT molecular complexity index is 545. The van der Waals surface area contributed by atoms with Gasteiger partial charge < -0.3 is 15.4 Å². The molecule has 27 heavy (non-hydrogen) atoms. The van der Waals surface area contributed by atoms with Crippen molar-refractivity contribution < 1.29 is 4.74 Å². The van der Waals surface area contributed by atoms with Gasteiger partial charge in [-0.25, -0.2) is 0 Å². The minimum absolute atomic E-state index is 0. The fraction of sp³-hybridized carbons (Fsp3) is 0.667. The van der Waals surface area contributed by atoms with E-state index in [1.54, 1.807) is 0 Å². The van der Waals surface area contributed by atoms with E-state index in [1.807, 2.05) is 7.05 Å². The molecule has 1 aliphatic rings. The number of guanidine groups is 1. The summed E-state index contributed by atoms with van der Waals surface area (Å²) in [4.78, 5) is 6.76. The number of hydrogen-bond donors (Lipinski definition) is 2. The van der Waals surface area contributed by atoms with Crippen molar-refractivity contribution in [2.24, 2.45) is 10.9 Å². The SMILES string of the molecule is CCN(CC)Cc1ccccc1CNC(=NC)NCCCOCC1CC1.I. The van der Waals surface area contributed by atoms with Gasteiger partial charge in [-0.05, 0) is 49.4 Å². The van der Waals surface area contributed by atoms with Crippen LogP contribution in [0.5, 0.6) is 0 Å². The zero-order valence-corrected chi connectivity index (χ0v) is 19.5. The lowest BCUT2D eigenvalue weighted by atomic mass is 10.1. The van der Waals surface area contributed by atoms with Crippen molar-refractivity contribution in [3.63, 3.8) is 0 Å². The summed E-state index contributed by atoms with van der Waals surface area (Å²) in [6, 6.07) is 8.65. The topological polar surface area (TPSA) is 48.9 Å². The second kappa shape index (κ2) is 14.2. The van der Waals surface area contributed by atoms with E-state index in [0.717, 1.165) is 64.2 Å². The molecule has 2 rings (SSSR count). The maximum atomic E-state index is 5.67. The zero-order chi connectivity index (χ0) is 18.6. The lowest BCUT2D eigenvalue weighted by Gasteiger charge is -2.20. The van der Waals surface area contributed by atoms with Crippen molar-refractivity contribution in [3.8, 4) is 0 Å². The van der Waals surface area contributed by atoms with Gasteiger partial charge in [0.1, 0.15) is 0 Å². The number of aliphatic imine (C=N–C) groups is 1. The molecule has 1 aromatic rings. The monoisotopic (exact) mass is 488 g/mol. The fourth-order valence-electron chi connectivity index (χ4n) is 2.89. The van der Waals surface area contributed by atoms with Crippen LogP contribution in [0, 0.1) is 5.92 Å². The number of hydrogen-bond acceptors (Lipinski definition) is 3. The van der Waals surface area contributed by atoms with Crippen LogP contribution in [0.15, 0.2) is 29.3 Å². The Balaban J connectivity index is 0.00000364. The summed E-state index contributed by atoms with van der Waals surface area (Å²) in [5.41, 5.74) is 2.71. The first kappa shape index (κ1) is 24.2. The van der Waals surface area contributed by atoms with Crippen LogP contribution in [0.25, 0.3) is 0 Å². The predicted molar refractivity (Wildman–Crippen MR) is 125 cm³/mol. The Kier molecular flexibility index (Phi) is 12.7. The molecule has 0 heterocycles. The van der Waals surface area contributed by atoms with E-state index < -0.39 is 0 Å². The molecule has 6 heteroatoms. The van der Waals surface area contributed by atoms with E-state index in [4.69, 9.17) is 4.74 Å². The molecule has 2 N–H and O–H groups in total. The lowest BCUT2D eigenvalue weighted by Crippen LogP contribution is -2.38. The number of ether oxygens (including phenoxy) is 1. The minimum atomic E-state index is 0. The number of rotatable bonds is 12. The van der Waals surface area contributed by atoms with Crippen LogP contribution < -0.4 is 10.6 Å². The van der Waals surface area contributed by atoms with E-state index in [0.29, 0.717) is 0 Å². The molecule has 1 aliphatic carbocycles. The fourth-order valence-corrected chi connectivity index (χ4v) is 2.89. The van der Waals surface area contributed by atoms with Crippen LogP contribution in [-0.2, 0) is 17.8 Å². The van der Waals surface area contributed by atoms with Crippen molar-refractivity contribution in [2.45, 2.75) is 46.2 Å². The van der Waals surface area contributed by atoms with E-state index in [2.05, 4.69) is 58.6 Å². The predicted octanol–water partition coefficient (Wildman–Crippen LogP) is 3.63. The molecule has 0 bridgehead atoms. The summed E-state index contributed by atoms with van der Waals surface area (Å²) in [6.45, 7) is 11.0. The van der Waals surface area contributed by atoms with E-state index in [1.165, 1.54) is 24.0 Å². The van der Waals surface area contributed by atoms with Gasteiger partial charge in [0.2, 0.25) is 0 Å². The van der Waals surface area contributed by atoms with Crippen LogP contribution in [0.2, 0.25) is 0 Å². The van der Waals surface area contributed by atoms with E-state index >= 15 is 0 Å². The van der Waals surface area contributed by atoms with Crippen molar-refractivity contribution in [2.75, 3.05) is 39.9 Å². The van der Waals surface area contributed by atoms with Gasteiger partial charge in [-0.1, -0.05) is 38.1 Å². The van der Waals surface area contributed by atoms with Crippen LogP contribution in [0.3, 0.4) is 0 Å². The van der Waals surface area contributed by atoms with E-state index in [9.17, 15) is 0 Å². The minimum Gasteiger partial charge on any atom is -0.381 e. The van der Waals surface area contributed by atoms with Gasteiger partial charge in [0, 0.05) is 39.9 Å². The van der Waals surface area contributed by atoms with Crippen LogP contribution in [0.4, 0.5) is 0 Å². The zero-order valence-electron chi connectivity index (χ0n) is 17.2. The Morgan fingerprint density at radius 3 is 2.48 bits per heavy atom. The summed E-state index contributed by atoms with van der Waals surface area (Å²) in [5.74, 6) is 1.69. The van der Waals surface area contributed by atoms with Crippen LogP contribution in [-0.4, -0.2) is 50.8 Å². The molecule has 0 spiro atoms. The first-order valence-corrected chi connectivity index (χ1v) is 10.1. The molecule has 0 amide bonds. The molecule has 0 atom stereocenters. The quantitative estimate of drug-likeness (QED) is 0.204. The van der Waals surface area contributed by atoms with Gasteiger partial charge in [0.25, 0.3) is 0 Å². The highest BCUT2D eigenvalue weighted by Crippen LogP contribution is 2.28. The molecule has 5 nitrogen and oxygen atoms in total. The molecule has 0 aromatic heterocycles. The van der Waals surface area contributed by atoms with Gasteiger partial charge in [-0.2, -0.15) is 0 Å². The summed E-state index contributed by atoms with van der Waals surface area (Å²) >= 11 is 0. The summed E-state index contributed by atoms with van der Waals surface area (Å²) in [6.07, 6.45) is 3.71. The normalized spacial score (nSPS) is 14.1. The highest BCUT2D eigenvalue weighted by molar-refractivity contribution is 14.0. The molecular weight excluding hydrogens is 451 g/mol. The van der Waals surface area contributed by atoms with Gasteiger partial charge in [0.15, 0.2) is 5.96 Å². The van der Waals surface area contributed by atoms with Gasteiger partial charge in [-0.3, -0.25) is 9.89 Å². The average molecular weight is 488 g/mol. The Morgan fingerprint density at radius 1 is 1.15 bits per heavy atom. The average Bonchev–Trinajstić information content (AvgIpc) is 3.50. The first-order chi connectivity index (χ1) is 12.8. The largest absolute Gasteiger partial charge is 0.381 e. The van der Waals surface area contributed by atoms with Crippen molar-refractivity contribution in [3.05, 3.63) is 35.4 Å². The van der Waals surface area contributed by atoms with Gasteiger partial charge in [0.05, 0.1) is 0 Å². The highest BCUT2D eigenvalue weighted by atomic mass is 127. The van der Waals surface area contributed by atoms with Crippen molar-refractivity contribution in [1.82, 2.24) is 15.5 Å². The standard InChI is InChI=1S/C21H36N4O.HI/c1-4-25(5-2)16-20-10-7-6-9-19(20)15-24-21(22-3)23-13-8-14-26-17-18-11-12-18;/h6-7,9-10,18H,4-5,8,11-17H2,1-3H3,(H2,22,23,24);1H. The molecule has 0 unspecified atom stereocenters. The van der Waals surface area contributed by atoms with Crippen molar-refractivity contribution in [1.29, 1.82) is 0 Å². The molecular formula is C21H37IN4O. The highest BCUT2D eigenvalue weighted by Gasteiger charge is 2.20. The molecule has 0 aliphatic heterocycles. The molecule has 0 radical (unpaired) electrons. The Labute approximate surface area is 182 Å². The Hall–Kier alpha value is -0.860. The maximum Gasteiger partial charge on any atom is 0.191 e. The third kappa shape index (κ3) is 9.76. The number of nitrogens with one attached hydrogen (secondary N) is 2. The van der Waals surface area contributed by atoms with Crippen molar-refractivity contribution >= 4 is 29.9 Å². The van der Waals surface area contributed by atoms with Crippen LogP contribution in [0.1, 0.15) is 44.2 Å². The summed E-state index contributed by atoms with van der Waals surface area (Å²) < 4.78 is 5.67.